The van der Waals surface area contributed by atoms with Gasteiger partial charge in [-0.1, -0.05) is 59.8 Å². The molecule has 4 aliphatic carbocycles. The molecule has 3 heteroatoms. The standard InChI is InChI=1S/C30H50O3/c1-18(2)26(33)23(31)17-19(3)20-11-15-30(8)22-9-10-24-27(4,5)25(32)13-14-28(24,6)21(22)12-16-29(20,30)7/h9,19-21,23-26,31-33H,1,10-17H2,2-8H3/t19-,20-,21-,23+,24-,25-,26+,28+,29-,30+/m0/s1. The summed E-state index contributed by atoms with van der Waals surface area (Å²) >= 11 is 0. The molecule has 33 heavy (non-hydrogen) atoms. The van der Waals surface area contributed by atoms with Crippen molar-refractivity contribution in [2.75, 3.05) is 0 Å². The zero-order valence-corrected chi connectivity index (χ0v) is 22.3. The maximum absolute atomic E-state index is 10.8. The van der Waals surface area contributed by atoms with E-state index in [4.69, 9.17) is 0 Å². The minimum absolute atomic E-state index is 0.0241. The van der Waals surface area contributed by atoms with E-state index in [1.807, 2.05) is 0 Å². The SMILES string of the molecule is C=C(C)[C@@H](O)[C@H](O)C[C@H](C)[C@@H]1CC[C@]2(C)C3=CC[C@H]4C(C)(C)[C@@H](O)CC[C@]4(C)[C@H]3CC[C@@]12C. The van der Waals surface area contributed by atoms with Crippen LogP contribution in [-0.4, -0.2) is 33.6 Å². The number of rotatable bonds is 5. The van der Waals surface area contributed by atoms with Gasteiger partial charge in [0, 0.05) is 0 Å². The number of allylic oxidation sites excluding steroid dienone is 2. The Balaban J connectivity index is 1.61. The maximum atomic E-state index is 10.8. The highest BCUT2D eigenvalue weighted by atomic mass is 16.3. The van der Waals surface area contributed by atoms with Crippen LogP contribution in [0.15, 0.2) is 23.8 Å². The molecule has 0 radical (unpaired) electrons. The quantitative estimate of drug-likeness (QED) is 0.425. The number of aliphatic hydroxyl groups excluding tert-OH is 3. The van der Waals surface area contributed by atoms with Crippen LogP contribution in [0.4, 0.5) is 0 Å². The lowest BCUT2D eigenvalue weighted by molar-refractivity contribution is -0.132. The molecule has 0 amide bonds. The van der Waals surface area contributed by atoms with Crippen LogP contribution in [0.2, 0.25) is 0 Å². The Bertz CT molecular complexity index is 813. The summed E-state index contributed by atoms with van der Waals surface area (Å²) in [7, 11) is 0. The molecule has 4 rings (SSSR count). The van der Waals surface area contributed by atoms with E-state index >= 15 is 0 Å². The molecule has 0 aliphatic heterocycles. The fraction of sp³-hybridized carbons (Fsp3) is 0.867. The van der Waals surface area contributed by atoms with Crippen LogP contribution in [0.25, 0.3) is 0 Å². The van der Waals surface area contributed by atoms with Crippen LogP contribution in [0.1, 0.15) is 99.8 Å². The van der Waals surface area contributed by atoms with Crippen molar-refractivity contribution in [2.45, 2.75) is 118 Å². The lowest BCUT2D eigenvalue weighted by Gasteiger charge is -2.64. The lowest BCUT2D eigenvalue weighted by Crippen LogP contribution is -2.58. The first-order chi connectivity index (χ1) is 15.2. The second-order valence-electron chi connectivity index (χ2n) is 13.9. The maximum Gasteiger partial charge on any atom is 0.100 e. The third-order valence-electron chi connectivity index (χ3n) is 12.0. The van der Waals surface area contributed by atoms with E-state index in [1.165, 1.54) is 25.7 Å². The van der Waals surface area contributed by atoms with E-state index < -0.39 is 12.2 Å². The average Bonchev–Trinajstić information content (AvgIpc) is 3.02. The second-order valence-corrected chi connectivity index (χ2v) is 13.9. The van der Waals surface area contributed by atoms with E-state index in [0.717, 1.165) is 19.3 Å². The van der Waals surface area contributed by atoms with Crippen molar-refractivity contribution >= 4 is 0 Å². The smallest absolute Gasteiger partial charge is 0.100 e. The van der Waals surface area contributed by atoms with E-state index in [2.05, 4.69) is 54.2 Å². The van der Waals surface area contributed by atoms with Crippen LogP contribution in [-0.2, 0) is 0 Å². The zero-order chi connectivity index (χ0) is 24.6. The van der Waals surface area contributed by atoms with Gasteiger partial charge in [-0.25, -0.2) is 0 Å². The number of hydrogen-bond donors (Lipinski definition) is 3. The Hall–Kier alpha value is -0.640. The summed E-state index contributed by atoms with van der Waals surface area (Å²) in [5.74, 6) is 2.11. The molecule has 0 spiro atoms. The molecule has 3 saturated carbocycles. The summed E-state index contributed by atoms with van der Waals surface area (Å²) in [6.07, 6.45) is 9.60. The highest BCUT2D eigenvalue weighted by Gasteiger charge is 2.65. The van der Waals surface area contributed by atoms with Crippen molar-refractivity contribution in [1.29, 1.82) is 0 Å². The summed E-state index contributed by atoms with van der Waals surface area (Å²) < 4.78 is 0. The third kappa shape index (κ3) is 3.54. The highest BCUT2D eigenvalue weighted by Crippen LogP contribution is 2.73. The Kier molecular flexibility index (Phi) is 6.33. The summed E-state index contributed by atoms with van der Waals surface area (Å²) in [6, 6.07) is 0. The number of aliphatic hydroxyl groups is 3. The molecule has 0 bridgehead atoms. The van der Waals surface area contributed by atoms with Crippen molar-refractivity contribution in [2.24, 2.45) is 45.3 Å². The minimum atomic E-state index is -0.827. The van der Waals surface area contributed by atoms with E-state index in [9.17, 15) is 15.3 Å². The largest absolute Gasteiger partial charge is 0.393 e. The lowest BCUT2D eigenvalue weighted by atomic mass is 9.41. The van der Waals surface area contributed by atoms with Gasteiger partial charge < -0.3 is 15.3 Å². The Labute approximate surface area is 202 Å². The monoisotopic (exact) mass is 458 g/mol. The average molecular weight is 459 g/mol. The molecule has 0 aromatic carbocycles. The van der Waals surface area contributed by atoms with Gasteiger partial charge >= 0.3 is 0 Å². The van der Waals surface area contributed by atoms with Crippen molar-refractivity contribution in [3.05, 3.63) is 23.8 Å². The van der Waals surface area contributed by atoms with Gasteiger partial charge in [0.05, 0.1) is 12.2 Å². The number of hydrogen-bond acceptors (Lipinski definition) is 3. The minimum Gasteiger partial charge on any atom is -0.393 e. The van der Waals surface area contributed by atoms with Gasteiger partial charge in [-0.3, -0.25) is 0 Å². The summed E-state index contributed by atoms with van der Waals surface area (Å²) in [5.41, 5.74) is 3.07. The molecule has 10 atom stereocenters. The van der Waals surface area contributed by atoms with Gasteiger partial charge in [0.1, 0.15) is 6.10 Å². The van der Waals surface area contributed by atoms with Crippen LogP contribution in [0.5, 0.6) is 0 Å². The first kappa shape index (κ1) is 25.5. The van der Waals surface area contributed by atoms with Crippen molar-refractivity contribution in [1.82, 2.24) is 0 Å². The predicted molar refractivity (Wildman–Crippen MR) is 136 cm³/mol. The second kappa shape index (κ2) is 8.20. The molecule has 0 heterocycles. The molecular weight excluding hydrogens is 408 g/mol. The van der Waals surface area contributed by atoms with Crippen LogP contribution in [0.3, 0.4) is 0 Å². The normalized spacial score (nSPS) is 46.9. The fourth-order valence-electron chi connectivity index (χ4n) is 9.66. The first-order valence-corrected chi connectivity index (χ1v) is 13.6. The van der Waals surface area contributed by atoms with Gasteiger partial charge in [0.2, 0.25) is 0 Å². The molecule has 3 fully saturated rings. The van der Waals surface area contributed by atoms with Crippen molar-refractivity contribution in [3.63, 3.8) is 0 Å². The third-order valence-corrected chi connectivity index (χ3v) is 12.0. The van der Waals surface area contributed by atoms with Gasteiger partial charge in [-0.2, -0.15) is 0 Å². The Morgan fingerprint density at radius 3 is 2.36 bits per heavy atom. The van der Waals surface area contributed by atoms with Gasteiger partial charge in [-0.15, -0.1) is 0 Å². The topological polar surface area (TPSA) is 60.7 Å². The molecule has 3 nitrogen and oxygen atoms in total. The molecule has 0 aromatic heterocycles. The fourth-order valence-corrected chi connectivity index (χ4v) is 9.66. The first-order valence-electron chi connectivity index (χ1n) is 13.6. The summed E-state index contributed by atoms with van der Waals surface area (Å²) in [5, 5.41) is 31.8. The molecule has 188 valence electrons. The summed E-state index contributed by atoms with van der Waals surface area (Å²) in [6.45, 7) is 20.1. The molecule has 3 N–H and O–H groups in total. The Morgan fingerprint density at radius 1 is 1.06 bits per heavy atom. The number of fused-ring (bicyclic) bond motifs is 5. The molecule has 0 aromatic rings. The molecular formula is C30H50O3. The van der Waals surface area contributed by atoms with Gasteiger partial charge in [0.25, 0.3) is 0 Å². The summed E-state index contributed by atoms with van der Waals surface area (Å²) in [4.78, 5) is 0. The predicted octanol–water partition coefficient (Wildman–Crippen LogP) is 6.28. The van der Waals surface area contributed by atoms with Crippen molar-refractivity contribution in [3.8, 4) is 0 Å². The van der Waals surface area contributed by atoms with Gasteiger partial charge in [-0.05, 0) is 109 Å². The molecule has 0 saturated heterocycles. The van der Waals surface area contributed by atoms with E-state index in [-0.39, 0.29) is 27.8 Å². The van der Waals surface area contributed by atoms with E-state index in [1.54, 1.807) is 12.5 Å². The van der Waals surface area contributed by atoms with E-state index in [0.29, 0.717) is 35.7 Å². The Morgan fingerprint density at radius 2 is 1.73 bits per heavy atom. The molecule has 4 aliphatic rings. The van der Waals surface area contributed by atoms with Gasteiger partial charge in [0.15, 0.2) is 0 Å². The zero-order valence-electron chi connectivity index (χ0n) is 22.3. The van der Waals surface area contributed by atoms with Crippen LogP contribution >= 0.6 is 0 Å². The van der Waals surface area contributed by atoms with Crippen LogP contribution in [0, 0.1) is 45.3 Å². The van der Waals surface area contributed by atoms with Crippen LogP contribution < -0.4 is 0 Å². The highest BCUT2D eigenvalue weighted by molar-refractivity contribution is 5.33. The molecule has 0 unspecified atom stereocenters. The van der Waals surface area contributed by atoms with Crippen molar-refractivity contribution < 1.29 is 15.3 Å².